The Morgan fingerprint density at radius 1 is 1.07 bits per heavy atom. The number of aliphatic hydroxyl groups excluding tert-OH is 1. The molecular weight excluding hydrogens is 382 g/mol. The van der Waals surface area contributed by atoms with Gasteiger partial charge in [0.1, 0.15) is 0 Å². The fourth-order valence-electron chi connectivity index (χ4n) is 0. The minimum absolute atomic E-state index is 0.250. The Kier molecular flexibility index (Phi) is 157. The Morgan fingerprint density at radius 3 is 1.11 bits per heavy atom. The normalized spacial score (nSPS) is 6.56. The van der Waals surface area contributed by atoms with Crippen LogP contribution in [0.25, 0.3) is 11.5 Å². The summed E-state index contributed by atoms with van der Waals surface area (Å²) in [6.45, 7) is 34.2. The standard InChI is InChI=1S/C5H11.2C3H5.C2H7NO.2C2H5N.C2H6O.H2O.O.Ti/c1-5(2,3)4;2*1-3-2;1-2-3-4;3*1-2-3;;;/h1H2,2-4H3;2*3H,1-2H2;3-4H,2H2,1H3;2*3H,1-2H2;3H,2H2,1H3;1H2;;/q3*-1;;2*-2;;;;+1/p-1. The summed E-state index contributed by atoms with van der Waals surface area (Å²) in [5.41, 5.74) is 14.4. The molecule has 0 spiro atoms. The van der Waals surface area contributed by atoms with Crippen LogP contribution in [0, 0.1) is 40.0 Å². The summed E-state index contributed by atoms with van der Waals surface area (Å²) in [5.74, 6) is 0. The number of rotatable bonds is 1. The first-order valence-electron chi connectivity index (χ1n) is 7.93. The van der Waals surface area contributed by atoms with E-state index in [-0.39, 0.29) is 25.1 Å². The van der Waals surface area contributed by atoms with Crippen LogP contribution in [0.15, 0.2) is 25.3 Å². The predicted molar refractivity (Wildman–Crippen MR) is 116 cm³/mol. The summed E-state index contributed by atoms with van der Waals surface area (Å²) in [5, 5.41) is 15.2. The fourth-order valence-corrected chi connectivity index (χ4v) is 0. The van der Waals surface area contributed by atoms with E-state index in [4.69, 9.17) is 28.8 Å². The monoisotopic (exact) mass is 427 g/mol. The topological polar surface area (TPSA) is 137 Å². The van der Waals surface area contributed by atoms with E-state index in [1.807, 2.05) is 12.4 Å². The van der Waals surface area contributed by atoms with Crippen molar-refractivity contribution in [2.75, 3.05) is 26.2 Å². The molecule has 0 fully saturated rings. The van der Waals surface area contributed by atoms with Crippen LogP contribution in [0.5, 0.6) is 0 Å². The van der Waals surface area contributed by atoms with E-state index in [0.717, 1.165) is 0 Å². The third-order valence-corrected chi connectivity index (χ3v) is 0.158. The van der Waals surface area contributed by atoms with Crippen LogP contribution in [0.1, 0.15) is 34.6 Å². The maximum atomic E-state index is 8.61. The van der Waals surface area contributed by atoms with Crippen molar-refractivity contribution in [2.45, 2.75) is 34.6 Å². The first kappa shape index (κ1) is 50.3. The zero-order valence-corrected chi connectivity index (χ0v) is 19.7. The molecule has 0 saturated heterocycles. The summed E-state index contributed by atoms with van der Waals surface area (Å²) in [6.07, 6.45) is 3.00. The molecule has 0 aromatic heterocycles. The van der Waals surface area contributed by atoms with Crippen molar-refractivity contribution in [3.8, 4) is 0 Å². The summed E-state index contributed by atoms with van der Waals surface area (Å²) in [4.78, 5) is 0. The van der Waals surface area contributed by atoms with Gasteiger partial charge in [0.15, 0.2) is 0 Å². The summed E-state index contributed by atoms with van der Waals surface area (Å²) in [6, 6.07) is 0. The van der Waals surface area contributed by atoms with Crippen molar-refractivity contribution in [3.05, 3.63) is 71.4 Å². The van der Waals surface area contributed by atoms with Crippen LogP contribution in [0.2, 0.25) is 0 Å². The van der Waals surface area contributed by atoms with Gasteiger partial charge in [-0.2, -0.15) is 5.41 Å². The van der Waals surface area contributed by atoms with E-state index < -0.39 is 19.5 Å². The quantitative estimate of drug-likeness (QED) is 0.267. The maximum absolute atomic E-state index is 8.61. The Labute approximate surface area is 180 Å². The summed E-state index contributed by atoms with van der Waals surface area (Å²) >= 11 is -1.75. The average molecular weight is 427 g/mol. The second kappa shape index (κ2) is 84.0. The molecule has 0 heterocycles. The summed E-state index contributed by atoms with van der Waals surface area (Å²) in [7, 11) is 0. The summed E-state index contributed by atoms with van der Waals surface area (Å²) < 4.78 is 15.8. The van der Waals surface area contributed by atoms with Crippen LogP contribution in [0.4, 0.5) is 0 Å². The molecule has 27 heavy (non-hydrogen) atoms. The van der Waals surface area contributed by atoms with Crippen LogP contribution in [0.3, 0.4) is 0 Å². The van der Waals surface area contributed by atoms with E-state index in [2.05, 4.69) is 68.5 Å². The number of hydrogen-bond donors (Lipinski definition) is 4. The number of hydrogen-bond acceptors (Lipinski definition) is 4. The molecule has 0 amide bonds. The first-order chi connectivity index (χ1) is 12.4. The molecular formula is C19H45N3O4Ti-7. The van der Waals surface area contributed by atoms with E-state index in [1.54, 1.807) is 6.92 Å². The molecule has 0 saturated carbocycles. The molecule has 0 aromatic rings. The van der Waals surface area contributed by atoms with Gasteiger partial charge < -0.3 is 42.6 Å². The first-order valence-corrected chi connectivity index (χ1v) is 9.26. The Hall–Kier alpha value is -0.506. The molecule has 0 rings (SSSR count). The number of hydroxylamine groups is 1. The molecule has 171 valence electrons. The van der Waals surface area contributed by atoms with Crippen LogP contribution in [-0.2, 0) is 22.8 Å². The molecule has 6 N–H and O–H groups in total. The van der Waals surface area contributed by atoms with Gasteiger partial charge in [0, 0.05) is 13.2 Å². The van der Waals surface area contributed by atoms with Crippen LogP contribution < -0.4 is 5.48 Å². The van der Waals surface area contributed by atoms with Gasteiger partial charge >= 0.3 is 26.5 Å². The van der Waals surface area contributed by atoms with Gasteiger partial charge in [-0.3, -0.25) is 13.1 Å². The third-order valence-electron chi connectivity index (χ3n) is 0.158. The zero-order chi connectivity index (χ0) is 24.2. The van der Waals surface area contributed by atoms with Crippen molar-refractivity contribution in [3.63, 3.8) is 0 Å². The molecule has 0 bridgehead atoms. The Bertz CT molecular complexity index is 165. The van der Waals surface area contributed by atoms with E-state index in [9.17, 15) is 0 Å². The molecule has 0 radical (unpaired) electrons. The molecule has 0 atom stereocenters. The van der Waals surface area contributed by atoms with Gasteiger partial charge in [-0.1, -0.05) is 27.7 Å². The van der Waals surface area contributed by atoms with E-state index >= 15 is 0 Å². The number of aliphatic hydroxyl groups is 1. The van der Waals surface area contributed by atoms with Gasteiger partial charge in [-0.05, 0) is 6.92 Å². The Morgan fingerprint density at radius 2 is 1.11 bits per heavy atom. The molecule has 0 aliphatic heterocycles. The molecule has 0 aliphatic rings. The number of nitrogens with one attached hydrogen (secondary N) is 3. The molecule has 0 aliphatic carbocycles. The van der Waals surface area contributed by atoms with Crippen molar-refractivity contribution < 1.29 is 36.8 Å². The van der Waals surface area contributed by atoms with Gasteiger partial charge in [0.05, 0.1) is 0 Å². The molecule has 0 aromatic carbocycles. The molecule has 7 nitrogen and oxygen atoms in total. The van der Waals surface area contributed by atoms with E-state index in [1.165, 1.54) is 12.2 Å². The van der Waals surface area contributed by atoms with E-state index in [0.29, 0.717) is 6.54 Å². The van der Waals surface area contributed by atoms with Gasteiger partial charge in [-0.25, -0.2) is 44.6 Å². The van der Waals surface area contributed by atoms with Crippen molar-refractivity contribution in [1.29, 1.82) is 0 Å². The Balaban J connectivity index is -0.0000000257. The molecule has 0 unspecified atom stereocenters. The molecule has 8 heteroatoms. The van der Waals surface area contributed by atoms with Crippen molar-refractivity contribution >= 4 is 0 Å². The van der Waals surface area contributed by atoms with Crippen molar-refractivity contribution in [2.24, 2.45) is 5.41 Å². The van der Waals surface area contributed by atoms with Crippen molar-refractivity contribution in [1.82, 2.24) is 5.48 Å². The SMILES string of the molecule is C=C[CH2-].C=C[CH2-].CCNO.CCO.[CH2-]C(C)(C)C.[CH2-]C[NH-].[CH2-]C[NH-].[O]=[Ti][OH]. The van der Waals surface area contributed by atoms with Crippen LogP contribution >= 0.6 is 0 Å². The van der Waals surface area contributed by atoms with Gasteiger partial charge in [0.2, 0.25) is 0 Å². The minimum atomic E-state index is -1.75. The second-order valence-electron chi connectivity index (χ2n) is 4.56. The van der Waals surface area contributed by atoms with Gasteiger partial charge in [-0.15, -0.1) is 0 Å². The fraction of sp³-hybridized carbons (Fsp3) is 0.526. The van der Waals surface area contributed by atoms with Gasteiger partial charge in [0.25, 0.3) is 0 Å². The zero-order valence-electron chi connectivity index (χ0n) is 18.2. The van der Waals surface area contributed by atoms with Crippen LogP contribution in [-0.4, -0.2) is 40.2 Å². The second-order valence-corrected chi connectivity index (χ2v) is 4.84. The third kappa shape index (κ3) is 57600. The average Bonchev–Trinajstić information content (AvgIpc) is 2.50. The predicted octanol–water partition coefficient (Wildman–Crippen LogP) is 4.93. The number of allylic oxidation sites excluding steroid dienone is 2.